The third-order valence-electron chi connectivity index (χ3n) is 2.62. The Bertz CT molecular complexity index is 432. The molecule has 4 N–H and O–H groups in total. The number of amides is 1. The van der Waals surface area contributed by atoms with Crippen LogP contribution in [0.4, 0.5) is 0 Å². The zero-order chi connectivity index (χ0) is 14.3. The number of carbonyl (C=O) groups is 2. The Morgan fingerprint density at radius 1 is 1.58 bits per heavy atom. The lowest BCUT2D eigenvalue weighted by molar-refractivity contribution is -0.141. The number of carboxylic acid groups (broad SMARTS) is 1. The highest BCUT2D eigenvalue weighted by Crippen LogP contribution is 2.05. The first-order valence-corrected chi connectivity index (χ1v) is 6.19. The van der Waals surface area contributed by atoms with Crippen molar-refractivity contribution in [3.05, 3.63) is 11.9 Å². The molecule has 0 radical (unpaired) electrons. The number of nitrogens with two attached hydrogens (primary N) is 1. The molecule has 0 aliphatic heterocycles. The fourth-order valence-electron chi connectivity index (χ4n) is 1.61. The average molecular weight is 269 g/mol. The van der Waals surface area contributed by atoms with Gasteiger partial charge < -0.3 is 16.2 Å². The van der Waals surface area contributed by atoms with Gasteiger partial charge in [0.2, 0.25) is 0 Å². The molecule has 0 saturated heterocycles. The number of rotatable bonds is 8. The van der Waals surface area contributed by atoms with E-state index in [4.69, 9.17) is 10.8 Å². The predicted molar refractivity (Wildman–Crippen MR) is 67.4 cm³/mol. The molecule has 0 spiro atoms. The monoisotopic (exact) mass is 269 g/mol. The number of aliphatic carboxylic acids is 1. The van der Waals surface area contributed by atoms with E-state index < -0.39 is 17.8 Å². The smallest absolute Gasteiger partial charge is 0.308 e. The normalized spacial score (nSPS) is 12.1. The first-order chi connectivity index (χ1) is 9.08. The van der Waals surface area contributed by atoms with Crippen molar-refractivity contribution < 1.29 is 14.7 Å². The standard InChI is InChI=1S/C11H19N5O3/c1-2-3-8(11(18)19)6-13-10(17)9-7-16(5-4-12)15-14-9/h7-8H,2-6,12H2,1H3,(H,13,17)(H,18,19). The van der Waals surface area contributed by atoms with E-state index in [2.05, 4.69) is 15.6 Å². The molecule has 0 aromatic carbocycles. The number of aromatic nitrogens is 3. The van der Waals surface area contributed by atoms with Gasteiger partial charge in [-0.15, -0.1) is 5.10 Å². The Morgan fingerprint density at radius 3 is 2.89 bits per heavy atom. The molecule has 0 saturated carbocycles. The van der Waals surface area contributed by atoms with Gasteiger partial charge in [-0.1, -0.05) is 18.6 Å². The maximum Gasteiger partial charge on any atom is 0.308 e. The van der Waals surface area contributed by atoms with Gasteiger partial charge in [-0.05, 0) is 6.42 Å². The van der Waals surface area contributed by atoms with Crippen LogP contribution in [0.5, 0.6) is 0 Å². The van der Waals surface area contributed by atoms with Crippen molar-refractivity contribution in [2.45, 2.75) is 26.3 Å². The summed E-state index contributed by atoms with van der Waals surface area (Å²) in [5.41, 5.74) is 5.52. The molecule has 1 heterocycles. The third-order valence-corrected chi connectivity index (χ3v) is 2.62. The summed E-state index contributed by atoms with van der Waals surface area (Å²) in [6.07, 6.45) is 2.76. The van der Waals surface area contributed by atoms with Crippen LogP contribution in [0.1, 0.15) is 30.3 Å². The molecule has 1 aromatic rings. The summed E-state index contributed by atoms with van der Waals surface area (Å²) in [4.78, 5) is 22.7. The fraction of sp³-hybridized carbons (Fsp3) is 0.636. The summed E-state index contributed by atoms with van der Waals surface area (Å²) in [7, 11) is 0. The van der Waals surface area contributed by atoms with Crippen LogP contribution >= 0.6 is 0 Å². The molecular weight excluding hydrogens is 250 g/mol. The summed E-state index contributed by atoms with van der Waals surface area (Å²) in [6, 6.07) is 0. The number of carboxylic acids is 1. The molecule has 8 heteroatoms. The Hall–Kier alpha value is -1.96. The second kappa shape index (κ2) is 7.47. The van der Waals surface area contributed by atoms with E-state index in [0.717, 1.165) is 6.42 Å². The number of nitrogens with one attached hydrogen (secondary N) is 1. The highest BCUT2D eigenvalue weighted by molar-refractivity contribution is 5.92. The summed E-state index contributed by atoms with van der Waals surface area (Å²) < 4.78 is 1.47. The molecule has 1 rings (SSSR count). The van der Waals surface area contributed by atoms with E-state index in [-0.39, 0.29) is 12.2 Å². The van der Waals surface area contributed by atoms with Crippen molar-refractivity contribution in [3.8, 4) is 0 Å². The van der Waals surface area contributed by atoms with Crippen LogP contribution in [-0.2, 0) is 11.3 Å². The van der Waals surface area contributed by atoms with Crippen molar-refractivity contribution in [1.82, 2.24) is 20.3 Å². The lowest BCUT2D eigenvalue weighted by Crippen LogP contribution is -2.33. The number of hydrogen-bond donors (Lipinski definition) is 3. The Kier molecular flexibility index (Phi) is 5.94. The van der Waals surface area contributed by atoms with Gasteiger partial charge in [0.25, 0.3) is 5.91 Å². The molecule has 19 heavy (non-hydrogen) atoms. The van der Waals surface area contributed by atoms with E-state index in [1.807, 2.05) is 6.92 Å². The molecule has 8 nitrogen and oxygen atoms in total. The molecule has 1 atom stereocenters. The van der Waals surface area contributed by atoms with Gasteiger partial charge in [-0.2, -0.15) is 0 Å². The quantitative estimate of drug-likeness (QED) is 0.583. The Morgan fingerprint density at radius 2 is 2.32 bits per heavy atom. The first-order valence-electron chi connectivity index (χ1n) is 6.19. The minimum absolute atomic E-state index is 0.0890. The Labute approximate surface area is 111 Å². The average Bonchev–Trinajstić information content (AvgIpc) is 2.83. The minimum atomic E-state index is -0.908. The van der Waals surface area contributed by atoms with Gasteiger partial charge in [0.1, 0.15) is 0 Å². The second-order valence-electron chi connectivity index (χ2n) is 4.19. The van der Waals surface area contributed by atoms with E-state index >= 15 is 0 Å². The zero-order valence-corrected chi connectivity index (χ0v) is 10.9. The van der Waals surface area contributed by atoms with Crippen LogP contribution in [-0.4, -0.2) is 45.1 Å². The van der Waals surface area contributed by atoms with Crippen LogP contribution in [0.15, 0.2) is 6.20 Å². The zero-order valence-electron chi connectivity index (χ0n) is 10.9. The van der Waals surface area contributed by atoms with Crippen LogP contribution < -0.4 is 11.1 Å². The molecular formula is C11H19N5O3. The van der Waals surface area contributed by atoms with E-state index in [1.165, 1.54) is 10.9 Å². The van der Waals surface area contributed by atoms with E-state index in [0.29, 0.717) is 19.5 Å². The number of carbonyl (C=O) groups excluding carboxylic acids is 1. The molecule has 1 aromatic heterocycles. The molecule has 0 aliphatic rings. The predicted octanol–water partition coefficient (Wildman–Crippen LogP) is -0.532. The third kappa shape index (κ3) is 4.66. The van der Waals surface area contributed by atoms with Crippen molar-refractivity contribution in [3.63, 3.8) is 0 Å². The molecule has 0 aliphatic carbocycles. The summed E-state index contributed by atoms with van der Waals surface area (Å²) in [5, 5.41) is 19.0. The van der Waals surface area contributed by atoms with Crippen LogP contribution in [0.2, 0.25) is 0 Å². The topological polar surface area (TPSA) is 123 Å². The van der Waals surface area contributed by atoms with Crippen LogP contribution in [0.3, 0.4) is 0 Å². The van der Waals surface area contributed by atoms with Gasteiger partial charge in [-0.25, -0.2) is 0 Å². The van der Waals surface area contributed by atoms with Gasteiger partial charge in [0, 0.05) is 13.1 Å². The van der Waals surface area contributed by atoms with Crippen LogP contribution in [0.25, 0.3) is 0 Å². The van der Waals surface area contributed by atoms with Gasteiger partial charge in [-0.3, -0.25) is 14.3 Å². The van der Waals surface area contributed by atoms with Crippen molar-refractivity contribution in [1.29, 1.82) is 0 Å². The largest absolute Gasteiger partial charge is 0.481 e. The van der Waals surface area contributed by atoms with E-state index in [1.54, 1.807) is 0 Å². The SMILES string of the molecule is CCCC(CNC(=O)c1cn(CCN)nn1)C(=O)O. The van der Waals surface area contributed by atoms with Crippen molar-refractivity contribution >= 4 is 11.9 Å². The lowest BCUT2D eigenvalue weighted by Gasteiger charge is -2.11. The summed E-state index contributed by atoms with van der Waals surface area (Å²) >= 11 is 0. The second-order valence-corrected chi connectivity index (χ2v) is 4.19. The maximum absolute atomic E-state index is 11.7. The molecule has 0 bridgehead atoms. The van der Waals surface area contributed by atoms with E-state index in [9.17, 15) is 9.59 Å². The summed E-state index contributed by atoms with van der Waals surface area (Å²) in [6.45, 7) is 2.87. The van der Waals surface area contributed by atoms with Gasteiger partial charge in [0.05, 0.1) is 18.7 Å². The van der Waals surface area contributed by atoms with Crippen molar-refractivity contribution in [2.75, 3.05) is 13.1 Å². The number of nitrogens with zero attached hydrogens (tertiary/aromatic N) is 3. The van der Waals surface area contributed by atoms with Crippen molar-refractivity contribution in [2.24, 2.45) is 11.7 Å². The molecule has 1 amide bonds. The highest BCUT2D eigenvalue weighted by Gasteiger charge is 2.18. The summed E-state index contributed by atoms with van der Waals surface area (Å²) in [5.74, 6) is -1.91. The van der Waals surface area contributed by atoms with Gasteiger partial charge in [0.15, 0.2) is 5.69 Å². The lowest BCUT2D eigenvalue weighted by atomic mass is 10.0. The highest BCUT2D eigenvalue weighted by atomic mass is 16.4. The molecule has 106 valence electrons. The number of hydrogen-bond acceptors (Lipinski definition) is 5. The molecule has 0 fully saturated rings. The van der Waals surface area contributed by atoms with Crippen LogP contribution in [0, 0.1) is 5.92 Å². The fourth-order valence-corrected chi connectivity index (χ4v) is 1.61. The minimum Gasteiger partial charge on any atom is -0.481 e. The molecule has 1 unspecified atom stereocenters. The van der Waals surface area contributed by atoms with Gasteiger partial charge >= 0.3 is 5.97 Å². The maximum atomic E-state index is 11.7. The first kappa shape index (κ1) is 15.1. The Balaban J connectivity index is 2.51.